The molecule has 1 aliphatic carbocycles. The van der Waals surface area contributed by atoms with Gasteiger partial charge in [0.15, 0.2) is 0 Å². The van der Waals surface area contributed by atoms with Gasteiger partial charge >= 0.3 is 6.09 Å². The molecule has 0 aromatic rings. The Hall–Kier alpha value is -0.810. The third kappa shape index (κ3) is 4.35. The van der Waals surface area contributed by atoms with Crippen molar-refractivity contribution in [2.75, 3.05) is 19.8 Å². The SMILES string of the molecule is CC(C)(C)OC(=O)N1C[C@H](OCC2CC2)C[C@H]1CO. The van der Waals surface area contributed by atoms with Crippen LogP contribution in [0.5, 0.6) is 0 Å². The van der Waals surface area contributed by atoms with Crippen molar-refractivity contribution in [1.29, 1.82) is 0 Å². The zero-order valence-corrected chi connectivity index (χ0v) is 12.1. The van der Waals surface area contributed by atoms with Crippen molar-refractivity contribution in [2.24, 2.45) is 5.92 Å². The summed E-state index contributed by atoms with van der Waals surface area (Å²) in [5.41, 5.74) is -0.510. The van der Waals surface area contributed by atoms with Gasteiger partial charge in [0.25, 0.3) is 0 Å². The van der Waals surface area contributed by atoms with E-state index in [9.17, 15) is 9.90 Å². The normalized spacial score (nSPS) is 27.7. The third-order valence-corrected chi connectivity index (χ3v) is 3.48. The number of amides is 1. The van der Waals surface area contributed by atoms with E-state index in [4.69, 9.17) is 9.47 Å². The molecule has 0 aromatic heterocycles. The maximum absolute atomic E-state index is 12.1. The van der Waals surface area contributed by atoms with Crippen LogP contribution in [0.3, 0.4) is 0 Å². The number of aliphatic hydroxyl groups is 1. The van der Waals surface area contributed by atoms with Gasteiger partial charge in [-0.25, -0.2) is 4.79 Å². The predicted octanol–water partition coefficient (Wildman–Crippen LogP) is 1.78. The molecule has 1 aliphatic heterocycles. The van der Waals surface area contributed by atoms with E-state index in [2.05, 4.69) is 0 Å². The molecule has 110 valence electrons. The Kier molecular flexibility index (Phi) is 4.36. The van der Waals surface area contributed by atoms with Gasteiger partial charge in [0, 0.05) is 6.61 Å². The summed E-state index contributed by atoms with van der Waals surface area (Å²) in [6.07, 6.45) is 2.88. The van der Waals surface area contributed by atoms with Crippen LogP contribution >= 0.6 is 0 Å². The van der Waals surface area contributed by atoms with Crippen molar-refractivity contribution in [3.05, 3.63) is 0 Å². The summed E-state index contributed by atoms with van der Waals surface area (Å²) in [5.74, 6) is 0.711. The standard InChI is InChI=1S/C14H25NO4/c1-14(2,3)19-13(17)15-7-12(6-11(15)8-16)18-9-10-4-5-10/h10-12,16H,4-9H2,1-3H3/t11-,12+/m0/s1. The first-order valence-electron chi connectivity index (χ1n) is 7.11. The molecular formula is C14H25NO4. The first kappa shape index (κ1) is 14.6. The molecule has 0 unspecified atom stereocenters. The zero-order valence-electron chi connectivity index (χ0n) is 12.1. The number of ether oxygens (including phenoxy) is 2. The average molecular weight is 271 g/mol. The van der Waals surface area contributed by atoms with Crippen molar-refractivity contribution in [3.63, 3.8) is 0 Å². The summed E-state index contributed by atoms with van der Waals surface area (Å²) in [5, 5.41) is 9.39. The fraction of sp³-hybridized carbons (Fsp3) is 0.929. The van der Waals surface area contributed by atoms with Crippen LogP contribution in [0.4, 0.5) is 4.79 Å². The third-order valence-electron chi connectivity index (χ3n) is 3.48. The van der Waals surface area contributed by atoms with Crippen molar-refractivity contribution in [3.8, 4) is 0 Å². The van der Waals surface area contributed by atoms with Crippen LogP contribution in [-0.2, 0) is 9.47 Å². The summed E-state index contributed by atoms with van der Waals surface area (Å²) in [6.45, 7) is 6.79. The Morgan fingerprint density at radius 2 is 2.05 bits per heavy atom. The number of hydrogen-bond donors (Lipinski definition) is 1. The van der Waals surface area contributed by atoms with Gasteiger partial charge in [-0.2, -0.15) is 0 Å². The van der Waals surface area contributed by atoms with Crippen LogP contribution in [0.2, 0.25) is 0 Å². The van der Waals surface area contributed by atoms with Crippen LogP contribution in [0.25, 0.3) is 0 Å². The van der Waals surface area contributed by atoms with Crippen LogP contribution in [0.15, 0.2) is 0 Å². The highest BCUT2D eigenvalue weighted by molar-refractivity contribution is 5.69. The summed E-state index contributed by atoms with van der Waals surface area (Å²) in [6, 6.07) is -0.181. The minimum atomic E-state index is -0.510. The Balaban J connectivity index is 1.85. The zero-order chi connectivity index (χ0) is 14.0. The van der Waals surface area contributed by atoms with E-state index in [0.717, 1.165) is 6.61 Å². The van der Waals surface area contributed by atoms with E-state index >= 15 is 0 Å². The molecule has 19 heavy (non-hydrogen) atoms. The maximum Gasteiger partial charge on any atom is 0.410 e. The number of nitrogens with zero attached hydrogens (tertiary/aromatic N) is 1. The van der Waals surface area contributed by atoms with Crippen molar-refractivity contribution < 1.29 is 19.4 Å². The minimum Gasteiger partial charge on any atom is -0.444 e. The van der Waals surface area contributed by atoms with E-state index in [1.807, 2.05) is 20.8 Å². The lowest BCUT2D eigenvalue weighted by atomic mass is 10.2. The molecule has 0 spiro atoms. The molecule has 2 fully saturated rings. The van der Waals surface area contributed by atoms with Crippen molar-refractivity contribution >= 4 is 6.09 Å². The highest BCUT2D eigenvalue weighted by Crippen LogP contribution is 2.31. The van der Waals surface area contributed by atoms with Crippen molar-refractivity contribution in [1.82, 2.24) is 4.90 Å². The van der Waals surface area contributed by atoms with Crippen LogP contribution in [0.1, 0.15) is 40.0 Å². The van der Waals surface area contributed by atoms with Crippen LogP contribution in [0, 0.1) is 5.92 Å². The molecule has 1 amide bonds. The van der Waals surface area contributed by atoms with Gasteiger partial charge in [-0.3, -0.25) is 0 Å². The van der Waals surface area contributed by atoms with Gasteiger partial charge < -0.3 is 19.5 Å². The molecule has 1 saturated carbocycles. The highest BCUT2D eigenvalue weighted by atomic mass is 16.6. The molecule has 2 rings (SSSR count). The average Bonchev–Trinajstić information content (AvgIpc) is 3.03. The summed E-state index contributed by atoms with van der Waals surface area (Å²) in [4.78, 5) is 13.7. The Morgan fingerprint density at radius 3 is 2.58 bits per heavy atom. The molecule has 5 nitrogen and oxygen atoms in total. The lowest BCUT2D eigenvalue weighted by molar-refractivity contribution is 0.0128. The van der Waals surface area contributed by atoms with Gasteiger partial charge in [-0.05, 0) is 46.0 Å². The lowest BCUT2D eigenvalue weighted by Crippen LogP contribution is -2.41. The van der Waals surface area contributed by atoms with E-state index in [1.165, 1.54) is 12.8 Å². The highest BCUT2D eigenvalue weighted by Gasteiger charge is 2.38. The summed E-state index contributed by atoms with van der Waals surface area (Å²) < 4.78 is 11.2. The first-order chi connectivity index (χ1) is 8.89. The molecule has 5 heteroatoms. The smallest absolute Gasteiger partial charge is 0.410 e. The van der Waals surface area contributed by atoms with Crippen molar-refractivity contribution in [2.45, 2.75) is 57.8 Å². The monoisotopic (exact) mass is 271 g/mol. The van der Waals surface area contributed by atoms with Gasteiger partial charge in [-0.1, -0.05) is 0 Å². The van der Waals surface area contributed by atoms with Crippen LogP contribution < -0.4 is 0 Å². The molecule has 1 N–H and O–H groups in total. The quantitative estimate of drug-likeness (QED) is 0.847. The summed E-state index contributed by atoms with van der Waals surface area (Å²) in [7, 11) is 0. The van der Waals surface area contributed by atoms with Gasteiger partial charge in [-0.15, -0.1) is 0 Å². The van der Waals surface area contributed by atoms with Gasteiger partial charge in [0.1, 0.15) is 5.60 Å². The molecular weight excluding hydrogens is 246 g/mol. The van der Waals surface area contributed by atoms with Gasteiger partial charge in [0.2, 0.25) is 0 Å². The first-order valence-corrected chi connectivity index (χ1v) is 7.11. The number of likely N-dealkylation sites (tertiary alicyclic amines) is 1. The second kappa shape index (κ2) is 5.67. The van der Waals surface area contributed by atoms with E-state index in [0.29, 0.717) is 18.9 Å². The summed E-state index contributed by atoms with van der Waals surface area (Å²) >= 11 is 0. The molecule has 1 saturated heterocycles. The van der Waals surface area contributed by atoms with E-state index in [-0.39, 0.29) is 24.8 Å². The Morgan fingerprint density at radius 1 is 1.37 bits per heavy atom. The fourth-order valence-corrected chi connectivity index (χ4v) is 2.27. The Bertz CT molecular complexity index is 322. The van der Waals surface area contributed by atoms with E-state index in [1.54, 1.807) is 4.90 Å². The number of aliphatic hydroxyl groups excluding tert-OH is 1. The Labute approximate surface area is 114 Å². The number of carbonyl (C=O) groups excluding carboxylic acids is 1. The lowest BCUT2D eigenvalue weighted by Gasteiger charge is -2.27. The number of rotatable bonds is 4. The molecule has 2 atom stereocenters. The molecule has 0 aromatic carbocycles. The molecule has 0 bridgehead atoms. The second-order valence-corrected chi connectivity index (χ2v) is 6.60. The predicted molar refractivity (Wildman–Crippen MR) is 70.9 cm³/mol. The molecule has 0 radical (unpaired) electrons. The fourth-order valence-electron chi connectivity index (χ4n) is 2.27. The molecule has 1 heterocycles. The second-order valence-electron chi connectivity index (χ2n) is 6.60. The van der Waals surface area contributed by atoms with Gasteiger partial charge in [0.05, 0.1) is 25.3 Å². The number of hydrogen-bond acceptors (Lipinski definition) is 4. The number of carbonyl (C=O) groups is 1. The topological polar surface area (TPSA) is 59.0 Å². The van der Waals surface area contributed by atoms with Crippen LogP contribution in [-0.4, -0.2) is 53.6 Å². The maximum atomic E-state index is 12.1. The molecule has 2 aliphatic rings. The minimum absolute atomic E-state index is 0.0327. The van der Waals surface area contributed by atoms with E-state index < -0.39 is 5.60 Å². The largest absolute Gasteiger partial charge is 0.444 e.